The summed E-state index contributed by atoms with van der Waals surface area (Å²) in [7, 11) is 0. The molecule has 0 aromatic heterocycles. The van der Waals surface area contributed by atoms with Gasteiger partial charge in [0.2, 0.25) is 0 Å². The molecule has 0 bridgehead atoms. The SMILES string of the molecule is O=C(COc1ccccc1F)N1CCCSCC1CN1CCCC1. The predicted molar refractivity (Wildman–Crippen MR) is 95.0 cm³/mol. The monoisotopic (exact) mass is 352 g/mol. The molecule has 1 amide bonds. The van der Waals surface area contributed by atoms with Crippen molar-refractivity contribution >= 4 is 17.7 Å². The molecule has 2 fully saturated rings. The molecule has 0 radical (unpaired) electrons. The Hall–Kier alpha value is -1.27. The van der Waals surface area contributed by atoms with Gasteiger partial charge in [0.15, 0.2) is 18.2 Å². The van der Waals surface area contributed by atoms with Crippen molar-refractivity contribution in [2.24, 2.45) is 0 Å². The maximum atomic E-state index is 13.6. The van der Waals surface area contributed by atoms with Gasteiger partial charge in [0.25, 0.3) is 5.91 Å². The van der Waals surface area contributed by atoms with E-state index in [1.54, 1.807) is 18.2 Å². The number of nitrogens with zero attached hydrogens (tertiary/aromatic N) is 2. The van der Waals surface area contributed by atoms with E-state index in [2.05, 4.69) is 4.90 Å². The minimum absolute atomic E-state index is 0.0371. The van der Waals surface area contributed by atoms with Crippen LogP contribution in [0.15, 0.2) is 24.3 Å². The van der Waals surface area contributed by atoms with Crippen LogP contribution in [0.4, 0.5) is 4.39 Å². The van der Waals surface area contributed by atoms with Gasteiger partial charge in [0.05, 0.1) is 6.04 Å². The summed E-state index contributed by atoms with van der Waals surface area (Å²) in [5.74, 6) is 1.75. The van der Waals surface area contributed by atoms with Crippen LogP contribution in [-0.2, 0) is 4.79 Å². The van der Waals surface area contributed by atoms with Crippen LogP contribution in [0, 0.1) is 5.82 Å². The van der Waals surface area contributed by atoms with E-state index in [0.29, 0.717) is 0 Å². The van der Waals surface area contributed by atoms with E-state index in [1.807, 2.05) is 16.7 Å². The predicted octanol–water partition coefficient (Wildman–Crippen LogP) is 2.63. The molecule has 4 nitrogen and oxygen atoms in total. The number of rotatable bonds is 5. The third-order valence-corrected chi connectivity index (χ3v) is 5.81. The highest BCUT2D eigenvalue weighted by atomic mass is 32.2. The van der Waals surface area contributed by atoms with Crippen molar-refractivity contribution in [3.05, 3.63) is 30.1 Å². The molecule has 132 valence electrons. The number of likely N-dealkylation sites (tertiary alicyclic amines) is 1. The lowest BCUT2D eigenvalue weighted by atomic mass is 10.2. The van der Waals surface area contributed by atoms with Crippen LogP contribution in [0.25, 0.3) is 0 Å². The molecule has 0 aliphatic carbocycles. The first kappa shape index (κ1) is 17.5. The van der Waals surface area contributed by atoms with E-state index in [0.717, 1.165) is 44.1 Å². The molecule has 2 saturated heterocycles. The van der Waals surface area contributed by atoms with E-state index in [1.165, 1.54) is 18.9 Å². The van der Waals surface area contributed by atoms with Gasteiger partial charge in [-0.15, -0.1) is 0 Å². The second-order valence-electron chi connectivity index (χ2n) is 6.40. The minimum atomic E-state index is -0.426. The molecule has 2 heterocycles. The van der Waals surface area contributed by atoms with Crippen molar-refractivity contribution in [1.82, 2.24) is 9.80 Å². The van der Waals surface area contributed by atoms with Gasteiger partial charge in [0.1, 0.15) is 0 Å². The minimum Gasteiger partial charge on any atom is -0.481 e. The molecular weight excluding hydrogens is 327 g/mol. The molecule has 0 spiro atoms. The van der Waals surface area contributed by atoms with Crippen LogP contribution >= 0.6 is 11.8 Å². The lowest BCUT2D eigenvalue weighted by Crippen LogP contribution is -2.49. The van der Waals surface area contributed by atoms with Gasteiger partial charge in [-0.05, 0) is 50.2 Å². The largest absolute Gasteiger partial charge is 0.481 e. The molecule has 1 atom stereocenters. The molecule has 6 heteroatoms. The van der Waals surface area contributed by atoms with Crippen molar-refractivity contribution < 1.29 is 13.9 Å². The first-order valence-electron chi connectivity index (χ1n) is 8.71. The topological polar surface area (TPSA) is 32.8 Å². The molecule has 0 saturated carbocycles. The van der Waals surface area contributed by atoms with Crippen molar-refractivity contribution in [2.45, 2.75) is 25.3 Å². The molecule has 3 rings (SSSR count). The maximum absolute atomic E-state index is 13.6. The van der Waals surface area contributed by atoms with Crippen LogP contribution < -0.4 is 4.74 Å². The summed E-state index contributed by atoms with van der Waals surface area (Å²) in [6, 6.07) is 6.46. The van der Waals surface area contributed by atoms with E-state index in [-0.39, 0.29) is 24.3 Å². The van der Waals surface area contributed by atoms with Crippen molar-refractivity contribution in [1.29, 1.82) is 0 Å². The number of amides is 1. The summed E-state index contributed by atoms with van der Waals surface area (Å²) < 4.78 is 19.1. The molecule has 1 aromatic rings. The van der Waals surface area contributed by atoms with Gasteiger partial charge >= 0.3 is 0 Å². The summed E-state index contributed by atoms with van der Waals surface area (Å²) in [6.07, 6.45) is 3.51. The van der Waals surface area contributed by atoms with Crippen LogP contribution in [0.3, 0.4) is 0 Å². The Morgan fingerprint density at radius 3 is 2.79 bits per heavy atom. The van der Waals surface area contributed by atoms with Crippen molar-refractivity contribution in [3.63, 3.8) is 0 Å². The number of para-hydroxylation sites is 1. The maximum Gasteiger partial charge on any atom is 0.260 e. The van der Waals surface area contributed by atoms with Gasteiger partial charge < -0.3 is 14.5 Å². The standard InChI is InChI=1S/C18H25FN2O2S/c19-16-6-1-2-7-17(16)23-13-18(22)21-10-5-11-24-14-15(21)12-20-8-3-4-9-20/h1-2,6-7,15H,3-5,8-14H2. The van der Waals surface area contributed by atoms with Crippen molar-refractivity contribution in [2.75, 3.05) is 44.3 Å². The fourth-order valence-corrected chi connectivity index (χ4v) is 4.41. The normalized spacial score (nSPS) is 22.4. The zero-order valence-electron chi connectivity index (χ0n) is 14.0. The average Bonchev–Trinajstić information content (AvgIpc) is 2.98. The molecular formula is C18H25FN2O2S. The summed E-state index contributed by atoms with van der Waals surface area (Å²) in [4.78, 5) is 17.1. The highest BCUT2D eigenvalue weighted by molar-refractivity contribution is 7.99. The molecule has 1 aromatic carbocycles. The number of thioether (sulfide) groups is 1. The first-order chi connectivity index (χ1) is 11.7. The third kappa shape index (κ3) is 4.63. The van der Waals surface area contributed by atoms with Gasteiger partial charge in [0, 0.05) is 18.8 Å². The van der Waals surface area contributed by atoms with Gasteiger partial charge in [-0.1, -0.05) is 12.1 Å². The molecule has 0 N–H and O–H groups in total. The Balaban J connectivity index is 1.59. The number of halogens is 1. The number of carbonyl (C=O) groups is 1. The van der Waals surface area contributed by atoms with Crippen molar-refractivity contribution in [3.8, 4) is 5.75 Å². The van der Waals surface area contributed by atoms with E-state index in [9.17, 15) is 9.18 Å². The van der Waals surface area contributed by atoms with Crippen LogP contribution in [0.5, 0.6) is 5.75 Å². The number of ether oxygens (including phenoxy) is 1. The van der Waals surface area contributed by atoms with E-state index < -0.39 is 5.82 Å². The Kier molecular flexibility index (Phi) is 6.37. The van der Waals surface area contributed by atoms with Crippen LogP contribution in [0.1, 0.15) is 19.3 Å². The van der Waals surface area contributed by atoms with E-state index >= 15 is 0 Å². The Morgan fingerprint density at radius 1 is 1.21 bits per heavy atom. The summed E-state index contributed by atoms with van der Waals surface area (Å²) in [6.45, 7) is 3.88. The summed E-state index contributed by atoms with van der Waals surface area (Å²) >= 11 is 1.92. The highest BCUT2D eigenvalue weighted by Gasteiger charge is 2.28. The zero-order chi connectivity index (χ0) is 16.8. The Morgan fingerprint density at radius 2 is 2.00 bits per heavy atom. The second-order valence-corrected chi connectivity index (χ2v) is 7.55. The third-order valence-electron chi connectivity index (χ3n) is 4.61. The molecule has 1 unspecified atom stereocenters. The number of hydrogen-bond donors (Lipinski definition) is 0. The summed E-state index contributed by atoms with van der Waals surface area (Å²) in [5.41, 5.74) is 0. The number of hydrogen-bond acceptors (Lipinski definition) is 4. The Bertz CT molecular complexity index is 552. The van der Waals surface area contributed by atoms with Gasteiger partial charge in [-0.25, -0.2) is 4.39 Å². The molecule has 2 aliphatic heterocycles. The smallest absolute Gasteiger partial charge is 0.260 e. The average molecular weight is 352 g/mol. The fraction of sp³-hybridized carbons (Fsp3) is 0.611. The lowest BCUT2D eigenvalue weighted by molar-refractivity contribution is -0.135. The van der Waals surface area contributed by atoms with Crippen LogP contribution in [-0.4, -0.2) is 66.0 Å². The lowest BCUT2D eigenvalue weighted by Gasteiger charge is -2.32. The second kappa shape index (κ2) is 8.72. The first-order valence-corrected chi connectivity index (χ1v) is 9.86. The van der Waals surface area contributed by atoms with E-state index in [4.69, 9.17) is 4.74 Å². The Labute approximate surface area is 147 Å². The molecule has 2 aliphatic rings. The number of benzene rings is 1. The van der Waals surface area contributed by atoms with Gasteiger partial charge in [-0.2, -0.15) is 11.8 Å². The highest BCUT2D eigenvalue weighted by Crippen LogP contribution is 2.20. The fourth-order valence-electron chi connectivity index (χ4n) is 3.36. The number of carbonyl (C=O) groups excluding carboxylic acids is 1. The molecule has 24 heavy (non-hydrogen) atoms. The zero-order valence-corrected chi connectivity index (χ0v) is 14.8. The van der Waals surface area contributed by atoms with Gasteiger partial charge in [-0.3, -0.25) is 4.79 Å². The summed E-state index contributed by atoms with van der Waals surface area (Å²) in [5, 5.41) is 0. The quantitative estimate of drug-likeness (QED) is 0.816. The van der Waals surface area contributed by atoms with Crippen LogP contribution in [0.2, 0.25) is 0 Å².